The van der Waals surface area contributed by atoms with Gasteiger partial charge >= 0.3 is 11.3 Å². The van der Waals surface area contributed by atoms with Crippen LogP contribution in [0.5, 0.6) is 11.5 Å². The SMILES string of the molecule is CN(C)S(=O)(=O)c1c(C#N)cc2c(c1Oc1ccccc1)=NC(Cl)(C(F)(F)F)N=2. The Morgan fingerprint density at radius 1 is 1.21 bits per heavy atom. The zero-order valence-corrected chi connectivity index (χ0v) is 16.5. The second-order valence-electron chi connectivity index (χ2n) is 6.07. The number of halogens is 4. The number of sulfonamides is 1. The van der Waals surface area contributed by atoms with Crippen LogP contribution in [0.2, 0.25) is 0 Å². The first kappa shape index (κ1) is 21.0. The lowest BCUT2D eigenvalue weighted by Gasteiger charge is -2.18. The number of alkyl halides is 4. The van der Waals surface area contributed by atoms with Crippen LogP contribution in [0.1, 0.15) is 5.56 Å². The molecule has 0 fully saturated rings. The predicted octanol–water partition coefficient (Wildman–Crippen LogP) is 2.31. The lowest BCUT2D eigenvalue weighted by Crippen LogP contribution is -2.35. The summed E-state index contributed by atoms with van der Waals surface area (Å²) in [7, 11) is -1.89. The van der Waals surface area contributed by atoms with Crippen LogP contribution < -0.4 is 15.5 Å². The Labute approximate surface area is 168 Å². The van der Waals surface area contributed by atoms with Gasteiger partial charge in [-0.15, -0.1) is 0 Å². The molecule has 1 aliphatic rings. The van der Waals surface area contributed by atoms with E-state index in [2.05, 4.69) is 9.98 Å². The van der Waals surface area contributed by atoms with Crippen molar-refractivity contribution < 1.29 is 26.3 Å². The third-order valence-electron chi connectivity index (χ3n) is 3.90. The van der Waals surface area contributed by atoms with E-state index in [9.17, 15) is 26.9 Å². The first-order valence-electron chi connectivity index (χ1n) is 7.88. The Balaban J connectivity index is 2.45. The molecular formula is C17H12ClF3N4O3S. The van der Waals surface area contributed by atoms with Crippen LogP contribution in [0, 0.1) is 11.3 Å². The van der Waals surface area contributed by atoms with Crippen LogP contribution in [-0.2, 0) is 10.0 Å². The highest BCUT2D eigenvalue weighted by Crippen LogP contribution is 2.40. The summed E-state index contributed by atoms with van der Waals surface area (Å²) >= 11 is 5.56. The van der Waals surface area contributed by atoms with E-state index in [1.54, 1.807) is 24.3 Å². The summed E-state index contributed by atoms with van der Waals surface area (Å²) in [5.74, 6) is -0.441. The van der Waals surface area contributed by atoms with Gasteiger partial charge in [-0.05, 0) is 18.2 Å². The minimum Gasteiger partial charge on any atom is -0.454 e. The van der Waals surface area contributed by atoms with Gasteiger partial charge in [0.05, 0.1) is 10.9 Å². The van der Waals surface area contributed by atoms with Crippen LogP contribution in [0.4, 0.5) is 13.2 Å². The predicted molar refractivity (Wildman–Crippen MR) is 95.5 cm³/mol. The number of benzene rings is 2. The fourth-order valence-corrected chi connectivity index (χ4v) is 3.79. The monoisotopic (exact) mass is 444 g/mol. The Hall–Kier alpha value is -2.68. The molecule has 2 aromatic carbocycles. The summed E-state index contributed by atoms with van der Waals surface area (Å²) in [6.45, 7) is 0. The quantitative estimate of drug-likeness (QED) is 0.534. The molecule has 1 atom stereocenters. The molecule has 0 saturated carbocycles. The van der Waals surface area contributed by atoms with Crippen LogP contribution in [0.15, 0.2) is 51.3 Å². The molecule has 1 heterocycles. The maximum absolute atomic E-state index is 13.4. The number of fused-ring (bicyclic) bond motifs is 1. The van der Waals surface area contributed by atoms with Gasteiger partial charge in [0, 0.05) is 14.1 Å². The molecule has 0 amide bonds. The summed E-state index contributed by atoms with van der Waals surface area (Å²) in [6.07, 6.45) is -5.06. The van der Waals surface area contributed by atoms with Crippen molar-refractivity contribution in [2.24, 2.45) is 9.98 Å². The first-order valence-corrected chi connectivity index (χ1v) is 9.70. The fourth-order valence-electron chi connectivity index (χ4n) is 2.49. The van der Waals surface area contributed by atoms with Gasteiger partial charge in [0.15, 0.2) is 5.75 Å². The van der Waals surface area contributed by atoms with Crippen LogP contribution in [0.25, 0.3) is 0 Å². The number of nitriles is 1. The van der Waals surface area contributed by atoms with Crippen LogP contribution in [-0.4, -0.2) is 38.1 Å². The zero-order valence-electron chi connectivity index (χ0n) is 14.9. The molecule has 12 heteroatoms. The van der Waals surface area contributed by atoms with Gasteiger partial charge in [0.1, 0.15) is 22.1 Å². The smallest absolute Gasteiger partial charge is 0.449 e. The summed E-state index contributed by atoms with van der Waals surface area (Å²) in [5, 5.41) is 5.19. The van der Waals surface area contributed by atoms with Gasteiger partial charge in [0.2, 0.25) is 10.0 Å². The van der Waals surface area contributed by atoms with Crippen molar-refractivity contribution in [2.45, 2.75) is 16.2 Å². The van der Waals surface area contributed by atoms with E-state index in [1.807, 2.05) is 0 Å². The van der Waals surface area contributed by atoms with Crippen molar-refractivity contribution in [3.8, 4) is 17.6 Å². The molecule has 0 bridgehead atoms. The topological polar surface area (TPSA) is 95.1 Å². The van der Waals surface area contributed by atoms with Crippen molar-refractivity contribution in [3.63, 3.8) is 0 Å². The summed E-state index contributed by atoms with van der Waals surface area (Å²) in [5.41, 5.74) is -0.453. The molecule has 0 saturated heterocycles. The Morgan fingerprint density at radius 2 is 1.83 bits per heavy atom. The first-order chi connectivity index (χ1) is 13.4. The maximum atomic E-state index is 13.4. The molecule has 0 spiro atoms. The van der Waals surface area contributed by atoms with Gasteiger partial charge in [-0.25, -0.2) is 22.7 Å². The van der Waals surface area contributed by atoms with E-state index in [4.69, 9.17) is 16.3 Å². The van der Waals surface area contributed by atoms with Gasteiger partial charge in [-0.1, -0.05) is 29.8 Å². The average Bonchev–Trinajstić information content (AvgIpc) is 2.99. The maximum Gasteiger partial charge on any atom is 0.449 e. The molecule has 0 aliphatic carbocycles. The molecule has 0 radical (unpaired) electrons. The molecule has 1 aliphatic heterocycles. The van der Waals surface area contributed by atoms with Crippen molar-refractivity contribution in [3.05, 3.63) is 52.7 Å². The summed E-state index contributed by atoms with van der Waals surface area (Å²) in [4.78, 5) is 6.15. The molecule has 2 aromatic rings. The number of rotatable bonds is 4. The van der Waals surface area contributed by atoms with E-state index in [0.29, 0.717) is 0 Å². The third kappa shape index (κ3) is 3.55. The van der Waals surface area contributed by atoms with Gasteiger partial charge in [0.25, 0.3) is 0 Å². The number of para-hydroxylation sites is 1. The van der Waals surface area contributed by atoms with Crippen molar-refractivity contribution >= 4 is 21.6 Å². The molecule has 0 N–H and O–H groups in total. The highest BCUT2D eigenvalue weighted by Gasteiger charge is 2.56. The highest BCUT2D eigenvalue weighted by molar-refractivity contribution is 7.89. The van der Waals surface area contributed by atoms with Crippen molar-refractivity contribution in [2.75, 3.05) is 14.1 Å². The largest absolute Gasteiger partial charge is 0.454 e. The normalized spacial score (nSPS) is 18.6. The van der Waals surface area contributed by atoms with Gasteiger partial charge < -0.3 is 4.74 Å². The van der Waals surface area contributed by atoms with E-state index in [0.717, 1.165) is 10.4 Å². The third-order valence-corrected chi connectivity index (χ3v) is 6.17. The summed E-state index contributed by atoms with van der Waals surface area (Å²) < 4.78 is 72.2. The molecular weight excluding hydrogens is 433 g/mol. The Morgan fingerprint density at radius 3 is 2.34 bits per heavy atom. The number of ether oxygens (including phenoxy) is 1. The lowest BCUT2D eigenvalue weighted by atomic mass is 10.2. The fraction of sp³-hybridized carbons (Fsp3) is 0.235. The Bertz CT molecular complexity index is 1240. The second-order valence-corrected chi connectivity index (χ2v) is 8.69. The molecule has 29 heavy (non-hydrogen) atoms. The number of hydrogen-bond acceptors (Lipinski definition) is 6. The standard InChI is InChI=1S/C17H12ClF3N4O3S/c1-25(2)29(26,27)15-10(9-22)8-12-13(24-16(18,23-12)17(19,20)21)14(15)28-11-6-4-3-5-7-11/h3-8H,1-2H3. The second kappa shape index (κ2) is 6.98. The van der Waals surface area contributed by atoms with Crippen LogP contribution in [0.3, 0.4) is 0 Å². The number of nitrogens with zero attached hydrogens (tertiary/aromatic N) is 4. The van der Waals surface area contributed by atoms with Crippen molar-refractivity contribution in [1.82, 2.24) is 4.31 Å². The highest BCUT2D eigenvalue weighted by atomic mass is 35.5. The lowest BCUT2D eigenvalue weighted by molar-refractivity contribution is -0.158. The van der Waals surface area contributed by atoms with Crippen molar-refractivity contribution in [1.29, 1.82) is 5.26 Å². The number of hydrogen-bond donors (Lipinski definition) is 0. The van der Waals surface area contributed by atoms with E-state index >= 15 is 0 Å². The van der Waals surface area contributed by atoms with E-state index in [-0.39, 0.29) is 5.75 Å². The molecule has 152 valence electrons. The summed E-state index contributed by atoms with van der Waals surface area (Å²) in [6, 6.07) is 10.3. The molecule has 0 aromatic heterocycles. The van der Waals surface area contributed by atoms with E-state index in [1.165, 1.54) is 26.2 Å². The van der Waals surface area contributed by atoms with Gasteiger partial charge in [-0.3, -0.25) is 0 Å². The zero-order chi connectivity index (χ0) is 21.6. The molecule has 7 nitrogen and oxygen atoms in total. The minimum absolute atomic E-state index is 0.120. The van der Waals surface area contributed by atoms with E-state index < -0.39 is 48.2 Å². The molecule has 1 unspecified atom stereocenters. The molecule has 3 rings (SSSR count). The minimum atomic E-state index is -5.06. The van der Waals surface area contributed by atoms with Crippen LogP contribution >= 0.6 is 11.6 Å². The Kier molecular flexibility index (Phi) is 5.06. The average molecular weight is 445 g/mol. The van der Waals surface area contributed by atoms with Gasteiger partial charge in [-0.2, -0.15) is 18.4 Å².